The normalized spacial score (nSPS) is 12.2. The Labute approximate surface area is 100 Å². The van der Waals surface area contributed by atoms with Crippen molar-refractivity contribution in [3.8, 4) is 0 Å². The molecule has 0 bridgehead atoms. The van der Waals surface area contributed by atoms with Gasteiger partial charge in [0, 0.05) is 17.2 Å². The second-order valence-electron chi connectivity index (χ2n) is 3.63. The highest BCUT2D eigenvalue weighted by molar-refractivity contribution is 8.00. The summed E-state index contributed by atoms with van der Waals surface area (Å²) in [6, 6.07) is 7.47. The number of rotatable bonds is 4. The Bertz CT molecular complexity index is 368. The van der Waals surface area contributed by atoms with Gasteiger partial charge in [-0.25, -0.2) is 0 Å². The van der Waals surface area contributed by atoms with Gasteiger partial charge >= 0.3 is 0 Å². The monoisotopic (exact) mass is 238 g/mol. The number of hydrogen-bond donors (Lipinski definition) is 0. The second kappa shape index (κ2) is 5.80. The third-order valence-corrected chi connectivity index (χ3v) is 3.74. The van der Waals surface area contributed by atoms with E-state index in [-0.39, 0.29) is 0 Å². The Morgan fingerprint density at radius 3 is 2.69 bits per heavy atom. The summed E-state index contributed by atoms with van der Waals surface area (Å²) >= 11 is 1.68. The first kappa shape index (κ1) is 12.9. The summed E-state index contributed by atoms with van der Waals surface area (Å²) < 4.78 is 0. The summed E-state index contributed by atoms with van der Waals surface area (Å²) in [5.41, 5.74) is 0.688. The summed E-state index contributed by atoms with van der Waals surface area (Å²) in [5.74, 6) is 0. The van der Waals surface area contributed by atoms with Crippen molar-refractivity contribution in [3.63, 3.8) is 0 Å². The molecular weight excluding hydrogens is 222 g/mol. The van der Waals surface area contributed by atoms with Gasteiger partial charge in [0.15, 0.2) is 0 Å². The van der Waals surface area contributed by atoms with Crippen LogP contribution in [0.25, 0.3) is 0 Å². The molecule has 16 heavy (non-hydrogen) atoms. The third kappa shape index (κ3) is 3.17. The van der Waals surface area contributed by atoms with Gasteiger partial charge in [-0.2, -0.15) is 0 Å². The number of benzene rings is 1. The van der Waals surface area contributed by atoms with Crippen molar-refractivity contribution >= 4 is 23.5 Å². The highest BCUT2D eigenvalue weighted by Crippen LogP contribution is 2.33. The highest BCUT2D eigenvalue weighted by Gasteiger charge is 2.10. The first-order chi connectivity index (χ1) is 7.56. The Morgan fingerprint density at radius 1 is 1.50 bits per heavy atom. The lowest BCUT2D eigenvalue weighted by molar-refractivity contribution is -0.246. The number of nitrogens with zero attached hydrogens (tertiary/aromatic N) is 1. The van der Waals surface area contributed by atoms with Crippen molar-refractivity contribution in [1.82, 2.24) is 0 Å². The van der Waals surface area contributed by atoms with E-state index in [1.54, 1.807) is 17.8 Å². The predicted octanol–water partition coefficient (Wildman–Crippen LogP) is 2.36. The van der Waals surface area contributed by atoms with E-state index in [4.69, 9.17) is 0 Å². The zero-order valence-corrected chi connectivity index (χ0v) is 10.6. The Balaban J connectivity index is 2.95. The van der Waals surface area contributed by atoms with Gasteiger partial charge in [0.1, 0.15) is 6.09 Å². The van der Waals surface area contributed by atoms with Crippen molar-refractivity contribution in [2.24, 2.45) is 0 Å². The summed E-state index contributed by atoms with van der Waals surface area (Å²) in [4.78, 5) is 12.9. The van der Waals surface area contributed by atoms with Gasteiger partial charge in [-0.15, -0.1) is 11.8 Å². The van der Waals surface area contributed by atoms with Gasteiger partial charge in [0.25, 0.3) is 0 Å². The van der Waals surface area contributed by atoms with Gasteiger partial charge in [-0.3, -0.25) is 0 Å². The third-order valence-electron chi connectivity index (χ3n) is 2.40. The van der Waals surface area contributed by atoms with Crippen LogP contribution in [0.5, 0.6) is 0 Å². The predicted molar refractivity (Wildman–Crippen MR) is 65.9 cm³/mol. The van der Waals surface area contributed by atoms with Gasteiger partial charge in [-0.05, 0) is 18.6 Å². The molecule has 1 unspecified atom stereocenters. The smallest absolute Gasteiger partial charge is 0.141 e. The minimum Gasteiger partial charge on any atom is -0.530 e. The highest BCUT2D eigenvalue weighted by atomic mass is 32.2. The maximum Gasteiger partial charge on any atom is 0.141 e. The summed E-state index contributed by atoms with van der Waals surface area (Å²) in [6.07, 6.45) is -0.134. The minimum atomic E-state index is -1.18. The van der Waals surface area contributed by atoms with E-state index < -0.39 is 6.09 Å². The molecule has 1 atom stereocenters. The topological polar surface area (TPSA) is 43.4 Å². The first-order valence-electron chi connectivity index (χ1n) is 5.26. The van der Waals surface area contributed by atoms with Crippen LogP contribution in [0.2, 0.25) is 0 Å². The van der Waals surface area contributed by atoms with Crippen LogP contribution in [0.1, 0.15) is 20.3 Å². The van der Waals surface area contributed by atoms with Crippen molar-refractivity contribution < 1.29 is 9.90 Å². The standard InChI is InChI=1S/C12H17NO2S/c1-4-9(2)16-11-8-6-5-7-10(11)13(3)12(14)15/h5-9H,4H2,1-3H3,(H,14,15)/p-1. The molecule has 1 amide bonds. The second-order valence-corrected chi connectivity index (χ2v) is 5.11. The number of carbonyl (C=O) groups excluding carboxylic acids is 1. The van der Waals surface area contributed by atoms with Crippen molar-refractivity contribution in [1.29, 1.82) is 0 Å². The number of amides is 1. The zero-order valence-electron chi connectivity index (χ0n) is 9.77. The number of anilines is 1. The molecule has 0 spiro atoms. The van der Waals surface area contributed by atoms with Crippen LogP contribution >= 0.6 is 11.8 Å². The molecule has 0 saturated heterocycles. The van der Waals surface area contributed by atoms with E-state index >= 15 is 0 Å². The Morgan fingerprint density at radius 2 is 2.12 bits per heavy atom. The number of carbonyl (C=O) groups is 1. The average Bonchev–Trinajstić information content (AvgIpc) is 2.28. The van der Waals surface area contributed by atoms with Gasteiger partial charge in [0.2, 0.25) is 0 Å². The van der Waals surface area contributed by atoms with Crippen LogP contribution in [0.3, 0.4) is 0 Å². The van der Waals surface area contributed by atoms with Crippen LogP contribution in [0, 0.1) is 0 Å². The molecule has 4 heteroatoms. The fourth-order valence-electron chi connectivity index (χ4n) is 1.23. The van der Waals surface area contributed by atoms with E-state index in [1.807, 2.05) is 18.2 Å². The molecule has 0 aliphatic rings. The van der Waals surface area contributed by atoms with Crippen molar-refractivity contribution in [2.45, 2.75) is 30.4 Å². The lowest BCUT2D eigenvalue weighted by Crippen LogP contribution is -2.38. The Hall–Kier alpha value is -1.16. The maximum absolute atomic E-state index is 10.8. The number of carboxylic acid groups (broad SMARTS) is 1. The molecule has 0 N–H and O–H groups in total. The van der Waals surface area contributed by atoms with E-state index in [0.717, 1.165) is 16.2 Å². The molecule has 0 heterocycles. The van der Waals surface area contributed by atoms with Gasteiger partial charge in [-0.1, -0.05) is 26.0 Å². The molecule has 0 aliphatic carbocycles. The number of para-hydroxylation sites is 1. The van der Waals surface area contributed by atoms with Crippen molar-refractivity contribution in [3.05, 3.63) is 24.3 Å². The first-order valence-corrected chi connectivity index (χ1v) is 6.14. The fourth-order valence-corrected chi connectivity index (χ4v) is 2.32. The number of hydrogen-bond acceptors (Lipinski definition) is 3. The summed E-state index contributed by atoms with van der Waals surface area (Å²) in [5, 5.41) is 11.3. The molecule has 1 aromatic carbocycles. The lowest BCUT2D eigenvalue weighted by atomic mass is 10.3. The molecular formula is C12H16NO2S-. The van der Waals surface area contributed by atoms with Crippen LogP contribution < -0.4 is 10.0 Å². The van der Waals surface area contributed by atoms with E-state index in [9.17, 15) is 9.90 Å². The molecule has 1 aromatic rings. The average molecular weight is 238 g/mol. The molecule has 0 aliphatic heterocycles. The quantitative estimate of drug-likeness (QED) is 0.756. The van der Waals surface area contributed by atoms with Crippen molar-refractivity contribution in [2.75, 3.05) is 11.9 Å². The molecule has 0 aromatic heterocycles. The molecule has 88 valence electrons. The van der Waals surface area contributed by atoms with E-state index in [0.29, 0.717) is 10.9 Å². The van der Waals surface area contributed by atoms with E-state index in [1.165, 1.54) is 7.05 Å². The zero-order chi connectivity index (χ0) is 12.1. The minimum absolute atomic E-state index is 0.469. The van der Waals surface area contributed by atoms with Crippen LogP contribution in [-0.4, -0.2) is 18.4 Å². The van der Waals surface area contributed by atoms with Gasteiger partial charge in [0.05, 0.1) is 5.69 Å². The van der Waals surface area contributed by atoms with Crippen LogP contribution in [0.4, 0.5) is 10.5 Å². The van der Waals surface area contributed by atoms with Crippen LogP contribution in [-0.2, 0) is 0 Å². The Kier molecular flexibility index (Phi) is 4.68. The molecule has 1 rings (SSSR count). The molecule has 0 saturated carbocycles. The number of thioether (sulfide) groups is 1. The molecule has 3 nitrogen and oxygen atoms in total. The lowest BCUT2D eigenvalue weighted by Gasteiger charge is -2.23. The summed E-state index contributed by atoms with van der Waals surface area (Å²) in [6.45, 7) is 4.24. The SMILES string of the molecule is CCC(C)Sc1ccccc1N(C)C(=O)[O-]. The summed E-state index contributed by atoms with van der Waals surface area (Å²) in [7, 11) is 1.51. The fraction of sp³-hybridized carbons (Fsp3) is 0.417. The molecule has 0 radical (unpaired) electrons. The van der Waals surface area contributed by atoms with Crippen LogP contribution in [0.15, 0.2) is 29.2 Å². The van der Waals surface area contributed by atoms with Gasteiger partial charge < -0.3 is 14.8 Å². The maximum atomic E-state index is 10.8. The largest absolute Gasteiger partial charge is 0.530 e. The van der Waals surface area contributed by atoms with E-state index in [2.05, 4.69) is 13.8 Å². The molecule has 0 fully saturated rings.